The third-order valence-electron chi connectivity index (χ3n) is 3.15. The summed E-state index contributed by atoms with van der Waals surface area (Å²) in [5, 5.41) is 3.34. The van der Waals surface area contributed by atoms with Gasteiger partial charge in [-0.1, -0.05) is 35.0 Å². The molecule has 6 heteroatoms. The van der Waals surface area contributed by atoms with E-state index in [9.17, 15) is 8.42 Å². The first-order valence-electron chi connectivity index (χ1n) is 6.75. The van der Waals surface area contributed by atoms with Gasteiger partial charge in [0.1, 0.15) is 0 Å². The van der Waals surface area contributed by atoms with Crippen LogP contribution in [-0.4, -0.2) is 38.6 Å². The van der Waals surface area contributed by atoms with E-state index >= 15 is 0 Å². The van der Waals surface area contributed by atoms with E-state index in [1.54, 1.807) is 0 Å². The lowest BCUT2D eigenvalue weighted by Crippen LogP contribution is -2.32. The third-order valence-corrected chi connectivity index (χ3v) is 5.38. The molecule has 0 heterocycles. The average Bonchev–Trinajstić information content (AvgIpc) is 2.36. The van der Waals surface area contributed by atoms with Gasteiger partial charge in [0.25, 0.3) is 0 Å². The number of benzene rings is 1. The summed E-state index contributed by atoms with van der Waals surface area (Å²) in [5.74, 6) is 0. The topological polar surface area (TPSA) is 49.4 Å². The molecule has 0 aliphatic rings. The quantitative estimate of drug-likeness (QED) is 0.722. The molecule has 0 spiro atoms. The molecule has 1 aromatic rings. The highest BCUT2D eigenvalue weighted by Crippen LogP contribution is 2.17. The van der Waals surface area contributed by atoms with Gasteiger partial charge in [-0.25, -0.2) is 12.7 Å². The molecule has 0 unspecified atom stereocenters. The van der Waals surface area contributed by atoms with Crippen molar-refractivity contribution in [2.75, 3.05) is 25.9 Å². The Morgan fingerprint density at radius 1 is 1.35 bits per heavy atom. The lowest BCUT2D eigenvalue weighted by molar-refractivity contribution is 0.419. The van der Waals surface area contributed by atoms with Crippen LogP contribution in [0.3, 0.4) is 0 Å². The molecule has 0 fully saturated rings. The van der Waals surface area contributed by atoms with Gasteiger partial charge in [-0.3, -0.25) is 0 Å². The van der Waals surface area contributed by atoms with E-state index in [4.69, 9.17) is 0 Å². The largest absolute Gasteiger partial charge is 0.313 e. The van der Waals surface area contributed by atoms with Crippen molar-refractivity contribution < 1.29 is 8.42 Å². The number of rotatable bonds is 8. The predicted octanol–water partition coefficient (Wildman–Crippen LogP) is 2.52. The molecule has 1 aromatic carbocycles. The van der Waals surface area contributed by atoms with Crippen molar-refractivity contribution in [1.29, 1.82) is 0 Å². The first-order chi connectivity index (χ1) is 9.34. The number of halogens is 1. The van der Waals surface area contributed by atoms with Gasteiger partial charge in [-0.05, 0) is 37.1 Å². The Labute approximate surface area is 130 Å². The monoisotopic (exact) mass is 362 g/mol. The summed E-state index contributed by atoms with van der Waals surface area (Å²) < 4.78 is 25.4. The molecule has 0 aliphatic carbocycles. The van der Waals surface area contributed by atoms with Gasteiger partial charge in [-0.2, -0.15) is 0 Å². The molecule has 1 N–H and O–H groups in total. The second-order valence-electron chi connectivity index (χ2n) is 4.87. The zero-order valence-electron chi connectivity index (χ0n) is 12.3. The third kappa shape index (κ3) is 5.91. The average molecular weight is 363 g/mol. The number of nitrogens with zero attached hydrogens (tertiary/aromatic N) is 1. The van der Waals surface area contributed by atoms with Crippen LogP contribution >= 0.6 is 15.9 Å². The lowest BCUT2D eigenvalue weighted by Gasteiger charge is -2.17. The van der Waals surface area contributed by atoms with Crippen molar-refractivity contribution in [2.45, 2.75) is 26.8 Å². The molecule has 0 saturated carbocycles. The van der Waals surface area contributed by atoms with E-state index in [1.165, 1.54) is 21.7 Å². The number of aryl methyl sites for hydroxylation is 1. The Morgan fingerprint density at radius 3 is 2.60 bits per heavy atom. The van der Waals surface area contributed by atoms with Crippen molar-refractivity contribution in [3.05, 3.63) is 33.8 Å². The van der Waals surface area contributed by atoms with Crippen molar-refractivity contribution in [3.63, 3.8) is 0 Å². The molecule has 0 radical (unpaired) electrons. The fourth-order valence-electron chi connectivity index (χ4n) is 1.92. The first kappa shape index (κ1) is 17.6. The summed E-state index contributed by atoms with van der Waals surface area (Å²) in [5.41, 5.74) is 2.44. The SMILES string of the molecule is CCN(CCCNCc1ccc(C)c(Br)c1)S(C)(=O)=O. The number of sulfonamides is 1. The van der Waals surface area contributed by atoms with E-state index in [-0.39, 0.29) is 0 Å². The molecule has 1 rings (SSSR count). The van der Waals surface area contributed by atoms with Gasteiger partial charge in [0, 0.05) is 24.1 Å². The van der Waals surface area contributed by atoms with E-state index < -0.39 is 10.0 Å². The highest BCUT2D eigenvalue weighted by atomic mass is 79.9. The maximum Gasteiger partial charge on any atom is 0.211 e. The van der Waals surface area contributed by atoms with Gasteiger partial charge in [0.2, 0.25) is 10.0 Å². The maximum atomic E-state index is 11.4. The van der Waals surface area contributed by atoms with Crippen LogP contribution in [0.4, 0.5) is 0 Å². The van der Waals surface area contributed by atoms with Gasteiger partial charge in [0.05, 0.1) is 6.26 Å². The molecular formula is C14H23BrN2O2S. The van der Waals surface area contributed by atoms with E-state index in [2.05, 4.69) is 46.4 Å². The summed E-state index contributed by atoms with van der Waals surface area (Å²) in [4.78, 5) is 0. The number of hydrogen-bond donors (Lipinski definition) is 1. The van der Waals surface area contributed by atoms with Gasteiger partial charge in [0.15, 0.2) is 0 Å². The Balaban J connectivity index is 2.30. The molecule has 20 heavy (non-hydrogen) atoms. The highest BCUT2D eigenvalue weighted by molar-refractivity contribution is 9.10. The van der Waals surface area contributed by atoms with Crippen LogP contribution in [0.25, 0.3) is 0 Å². The standard InChI is InChI=1S/C14H23BrN2O2S/c1-4-17(20(3,18)19)9-5-8-16-11-13-7-6-12(2)14(15)10-13/h6-7,10,16H,4-5,8-9,11H2,1-3H3. The second kappa shape index (κ2) is 8.12. The zero-order chi connectivity index (χ0) is 15.2. The van der Waals surface area contributed by atoms with Crippen LogP contribution in [0.2, 0.25) is 0 Å². The van der Waals surface area contributed by atoms with E-state index in [0.29, 0.717) is 13.1 Å². The summed E-state index contributed by atoms with van der Waals surface area (Å²) in [6.07, 6.45) is 2.07. The Bertz CT molecular complexity index is 532. The van der Waals surface area contributed by atoms with E-state index in [0.717, 1.165) is 24.0 Å². The Kier molecular flexibility index (Phi) is 7.15. The van der Waals surface area contributed by atoms with Crippen LogP contribution < -0.4 is 5.32 Å². The molecule has 0 aliphatic heterocycles. The van der Waals surface area contributed by atoms with Gasteiger partial charge < -0.3 is 5.32 Å². The maximum absolute atomic E-state index is 11.4. The van der Waals surface area contributed by atoms with E-state index in [1.807, 2.05) is 6.92 Å². The van der Waals surface area contributed by atoms with Crippen molar-refractivity contribution >= 4 is 26.0 Å². The smallest absolute Gasteiger partial charge is 0.211 e. The molecule has 0 aromatic heterocycles. The summed E-state index contributed by atoms with van der Waals surface area (Å²) in [7, 11) is -3.07. The molecule has 4 nitrogen and oxygen atoms in total. The fourth-order valence-corrected chi connectivity index (χ4v) is 3.27. The van der Waals surface area contributed by atoms with Crippen LogP contribution in [-0.2, 0) is 16.6 Å². The molecule has 0 saturated heterocycles. The predicted molar refractivity (Wildman–Crippen MR) is 87.3 cm³/mol. The van der Waals surface area contributed by atoms with Gasteiger partial charge >= 0.3 is 0 Å². The molecule has 0 bridgehead atoms. The minimum absolute atomic E-state index is 0.531. The normalized spacial score (nSPS) is 12.1. The minimum atomic E-state index is -3.07. The van der Waals surface area contributed by atoms with Crippen LogP contribution in [0.15, 0.2) is 22.7 Å². The van der Waals surface area contributed by atoms with Gasteiger partial charge in [-0.15, -0.1) is 0 Å². The van der Waals surface area contributed by atoms with Crippen molar-refractivity contribution in [1.82, 2.24) is 9.62 Å². The fraction of sp³-hybridized carbons (Fsp3) is 0.571. The van der Waals surface area contributed by atoms with Crippen LogP contribution in [0.1, 0.15) is 24.5 Å². The number of hydrogen-bond acceptors (Lipinski definition) is 3. The molecule has 0 amide bonds. The Morgan fingerprint density at radius 2 is 2.05 bits per heavy atom. The summed E-state index contributed by atoms with van der Waals surface area (Å²) in [6, 6.07) is 6.29. The Hall–Kier alpha value is -0.430. The highest BCUT2D eigenvalue weighted by Gasteiger charge is 2.12. The molecule has 114 valence electrons. The first-order valence-corrected chi connectivity index (χ1v) is 9.39. The zero-order valence-corrected chi connectivity index (χ0v) is 14.7. The number of nitrogens with one attached hydrogen (secondary N) is 1. The second-order valence-corrected chi connectivity index (χ2v) is 7.71. The van der Waals surface area contributed by atoms with Crippen molar-refractivity contribution in [2.24, 2.45) is 0 Å². The summed E-state index contributed by atoms with van der Waals surface area (Å²) >= 11 is 3.52. The lowest BCUT2D eigenvalue weighted by atomic mass is 10.1. The van der Waals surface area contributed by atoms with Crippen molar-refractivity contribution in [3.8, 4) is 0 Å². The summed E-state index contributed by atoms with van der Waals surface area (Å²) in [6.45, 7) is 6.62. The minimum Gasteiger partial charge on any atom is -0.313 e. The van der Waals surface area contributed by atoms with Crippen LogP contribution in [0.5, 0.6) is 0 Å². The molecular weight excluding hydrogens is 340 g/mol. The molecule has 0 atom stereocenters. The van der Waals surface area contributed by atoms with Crippen LogP contribution in [0, 0.1) is 6.92 Å².